The molecule has 0 radical (unpaired) electrons. The number of carbonyl (C=O) groups excluding carboxylic acids is 3. The highest BCUT2D eigenvalue weighted by molar-refractivity contribution is 5.96. The molecule has 0 heterocycles. The van der Waals surface area contributed by atoms with Gasteiger partial charge < -0.3 is 20.0 Å². The summed E-state index contributed by atoms with van der Waals surface area (Å²) in [5.74, 6) is 0.336. The van der Waals surface area contributed by atoms with Gasteiger partial charge in [0, 0.05) is 5.41 Å². The summed E-state index contributed by atoms with van der Waals surface area (Å²) in [5.41, 5.74) is 1.41. The van der Waals surface area contributed by atoms with Crippen LogP contribution in [-0.4, -0.2) is 47.8 Å². The van der Waals surface area contributed by atoms with Crippen molar-refractivity contribution >= 4 is 23.4 Å². The number of ketones is 1. The molecule has 3 saturated carbocycles. The number of carbonyl (C=O) groups is 3. The van der Waals surface area contributed by atoms with E-state index in [0.717, 1.165) is 50.7 Å². The summed E-state index contributed by atoms with van der Waals surface area (Å²) >= 11 is 0. The van der Waals surface area contributed by atoms with E-state index in [2.05, 4.69) is 30.4 Å². The minimum Gasteiger partial charge on any atom is -0.467 e. The van der Waals surface area contributed by atoms with Crippen molar-refractivity contribution in [2.24, 2.45) is 33.7 Å². The van der Waals surface area contributed by atoms with Crippen molar-refractivity contribution in [3.8, 4) is 0 Å². The number of aliphatic hydroxyl groups is 1. The zero-order valence-electron chi connectivity index (χ0n) is 24.1. The van der Waals surface area contributed by atoms with Crippen LogP contribution < -0.4 is 5.32 Å². The average molecular weight is 551 g/mol. The molecule has 4 aliphatic rings. The van der Waals surface area contributed by atoms with Crippen LogP contribution >= 0.6 is 0 Å². The molecule has 0 saturated heterocycles. The van der Waals surface area contributed by atoms with Gasteiger partial charge in [0.25, 0.3) is 5.91 Å². The van der Waals surface area contributed by atoms with E-state index in [-0.39, 0.29) is 23.2 Å². The monoisotopic (exact) mass is 550 g/mol. The normalized spacial score (nSPS) is 36.4. The molecule has 3 fully saturated rings. The van der Waals surface area contributed by atoms with Crippen molar-refractivity contribution < 1.29 is 29.1 Å². The number of nitrogens with zero attached hydrogens (tertiary/aromatic N) is 1. The smallest absolute Gasteiger partial charge is 0.333 e. The fraction of sp³-hybridized carbons (Fsp3) is 0.625. The van der Waals surface area contributed by atoms with E-state index in [0.29, 0.717) is 29.7 Å². The van der Waals surface area contributed by atoms with E-state index >= 15 is 0 Å². The summed E-state index contributed by atoms with van der Waals surface area (Å²) in [6.45, 7) is 5.79. The molecule has 1 aromatic rings. The molecule has 216 valence electrons. The van der Waals surface area contributed by atoms with Gasteiger partial charge in [0.05, 0.1) is 12.8 Å². The predicted octanol–water partition coefficient (Wildman–Crippen LogP) is 4.67. The number of hydrogen-bond donors (Lipinski definition) is 2. The van der Waals surface area contributed by atoms with Crippen molar-refractivity contribution in [2.45, 2.75) is 83.8 Å². The fourth-order valence-electron chi connectivity index (χ4n) is 8.66. The number of fused-ring (bicyclic) bond motifs is 5. The van der Waals surface area contributed by atoms with Gasteiger partial charge in [0.1, 0.15) is 5.60 Å². The number of benzene rings is 1. The Kier molecular flexibility index (Phi) is 7.68. The Bertz CT molecular complexity index is 1230. The quantitative estimate of drug-likeness (QED) is 0.377. The Morgan fingerprint density at radius 3 is 2.48 bits per heavy atom. The molecule has 40 heavy (non-hydrogen) atoms. The second-order valence-electron chi connectivity index (χ2n) is 12.7. The van der Waals surface area contributed by atoms with Crippen molar-refractivity contribution in [1.29, 1.82) is 0 Å². The third-order valence-corrected chi connectivity index (χ3v) is 11.0. The van der Waals surface area contributed by atoms with Crippen LogP contribution in [0.2, 0.25) is 0 Å². The highest BCUT2D eigenvalue weighted by Crippen LogP contribution is 2.67. The molecule has 0 aliphatic heterocycles. The Morgan fingerprint density at radius 2 is 1.77 bits per heavy atom. The van der Waals surface area contributed by atoms with Gasteiger partial charge in [-0.3, -0.25) is 9.59 Å². The molecule has 8 heteroatoms. The first-order chi connectivity index (χ1) is 19.0. The molecule has 7 atom stereocenters. The second kappa shape index (κ2) is 10.8. The largest absolute Gasteiger partial charge is 0.467 e. The summed E-state index contributed by atoms with van der Waals surface area (Å²) < 4.78 is 4.86. The topological polar surface area (TPSA) is 114 Å². The first-order valence-corrected chi connectivity index (χ1v) is 14.6. The van der Waals surface area contributed by atoms with E-state index < -0.39 is 23.5 Å². The third kappa shape index (κ3) is 4.68. The van der Waals surface area contributed by atoms with E-state index in [1.807, 2.05) is 6.07 Å². The molecule has 1 amide bonds. The fourth-order valence-corrected chi connectivity index (χ4v) is 8.66. The lowest BCUT2D eigenvalue weighted by molar-refractivity contribution is -0.159. The number of allylic oxidation sites excluding steroid dienone is 2. The van der Waals surface area contributed by atoms with Gasteiger partial charge in [-0.15, -0.1) is 0 Å². The van der Waals surface area contributed by atoms with Crippen molar-refractivity contribution in [2.75, 3.05) is 13.7 Å². The highest BCUT2D eigenvalue weighted by Gasteiger charge is 2.65. The molecule has 4 aliphatic carbocycles. The molecule has 2 N–H and O–H groups in total. The number of methoxy groups -OCH3 is 1. The number of hydrogen-bond acceptors (Lipinski definition) is 7. The van der Waals surface area contributed by atoms with Crippen LogP contribution in [0.4, 0.5) is 0 Å². The van der Waals surface area contributed by atoms with E-state index in [1.54, 1.807) is 31.2 Å². The van der Waals surface area contributed by atoms with Crippen LogP contribution in [0.5, 0.6) is 0 Å². The number of oxime groups is 1. The molecule has 1 aromatic carbocycles. The maximum absolute atomic E-state index is 12.6. The van der Waals surface area contributed by atoms with Crippen LogP contribution in [0.25, 0.3) is 0 Å². The Labute approximate surface area is 236 Å². The molecule has 0 unspecified atom stereocenters. The van der Waals surface area contributed by atoms with Crippen LogP contribution in [-0.2, 0) is 24.0 Å². The van der Waals surface area contributed by atoms with Crippen molar-refractivity contribution in [1.82, 2.24) is 5.32 Å². The zero-order chi connectivity index (χ0) is 28.7. The number of ether oxygens (including phenoxy) is 1. The molecular formula is C32H42N2O6. The summed E-state index contributed by atoms with van der Waals surface area (Å²) in [6, 6.07) is 8.03. The Morgan fingerprint density at radius 1 is 1.05 bits per heavy atom. The van der Waals surface area contributed by atoms with Gasteiger partial charge in [0.15, 0.2) is 18.4 Å². The zero-order valence-corrected chi connectivity index (χ0v) is 24.1. The number of rotatable bonds is 7. The molecule has 0 aromatic heterocycles. The lowest BCUT2D eigenvalue weighted by Crippen LogP contribution is -2.57. The molecule has 5 rings (SSSR count). The minimum atomic E-state index is -1.19. The van der Waals surface area contributed by atoms with Gasteiger partial charge in [0.2, 0.25) is 0 Å². The summed E-state index contributed by atoms with van der Waals surface area (Å²) in [7, 11) is 1.29. The molecule has 0 bridgehead atoms. The maximum atomic E-state index is 12.6. The highest BCUT2D eigenvalue weighted by atomic mass is 16.6. The summed E-state index contributed by atoms with van der Waals surface area (Å²) in [5, 5.41) is 18.3. The van der Waals surface area contributed by atoms with E-state index in [1.165, 1.54) is 12.7 Å². The number of nitrogens with one attached hydrogen (secondary N) is 1. The van der Waals surface area contributed by atoms with E-state index in [4.69, 9.17) is 9.57 Å². The number of amides is 1. The average Bonchev–Trinajstić information content (AvgIpc) is 3.23. The molecule has 0 spiro atoms. The lowest BCUT2D eigenvalue weighted by Gasteiger charge is -2.59. The third-order valence-electron chi connectivity index (χ3n) is 11.0. The minimum absolute atomic E-state index is 0.0704. The second-order valence-corrected chi connectivity index (χ2v) is 12.7. The standard InChI is InChI=1S/C32H42N2O6/c1-20(35)32(38)17-14-26-24-11-10-22-18-23(12-15-30(22,2)25(24)13-16-31(26,32)3)34-40-19-27(36)33-28(29(37)39-4)21-8-6-5-7-9-21/h5-9,18,24-26,28,38H,10-17,19H2,1-4H3,(H,33,36)/b34-23+/t24-,25+,26+,28-,30+,31-,32+/m1/s1. The van der Waals surface area contributed by atoms with Crippen LogP contribution in [0.15, 0.2) is 47.1 Å². The van der Waals surface area contributed by atoms with Crippen LogP contribution in [0.3, 0.4) is 0 Å². The van der Waals surface area contributed by atoms with Gasteiger partial charge in [-0.2, -0.15) is 0 Å². The van der Waals surface area contributed by atoms with Crippen molar-refractivity contribution in [3.63, 3.8) is 0 Å². The first-order valence-electron chi connectivity index (χ1n) is 14.6. The first kappa shape index (κ1) is 28.5. The summed E-state index contributed by atoms with van der Waals surface area (Å²) in [6.07, 6.45) is 9.33. The van der Waals surface area contributed by atoms with E-state index in [9.17, 15) is 19.5 Å². The SMILES string of the molecule is COC(=O)[C@H](NC(=O)CO/N=C1/C=C2CC[C@@H]3[C@H](CC[C@]4(C)[C@H]3CC[C@]4(O)C(C)=O)[C@@]2(C)CC1)c1ccccc1. The van der Waals surface area contributed by atoms with Gasteiger partial charge in [-0.05, 0) is 93.1 Å². The van der Waals surface area contributed by atoms with Gasteiger partial charge in [-0.25, -0.2) is 4.79 Å². The van der Waals surface area contributed by atoms with Crippen LogP contribution in [0, 0.1) is 28.6 Å². The Balaban J connectivity index is 1.23. The molecular weight excluding hydrogens is 508 g/mol. The predicted molar refractivity (Wildman–Crippen MR) is 150 cm³/mol. The maximum Gasteiger partial charge on any atom is 0.333 e. The number of Topliss-reactive ketones (excluding diaryl/α,β-unsaturated/α-hetero) is 1. The number of esters is 1. The lowest BCUT2D eigenvalue weighted by atomic mass is 9.46. The Hall–Kier alpha value is -3.00. The molecule has 8 nitrogen and oxygen atoms in total. The van der Waals surface area contributed by atoms with Crippen LogP contribution in [0.1, 0.15) is 83.7 Å². The van der Waals surface area contributed by atoms with Gasteiger partial charge >= 0.3 is 5.97 Å². The van der Waals surface area contributed by atoms with Crippen molar-refractivity contribution in [3.05, 3.63) is 47.5 Å². The summed E-state index contributed by atoms with van der Waals surface area (Å²) in [4.78, 5) is 42.7. The van der Waals surface area contributed by atoms with Gasteiger partial charge in [-0.1, -0.05) is 54.9 Å².